The minimum absolute atomic E-state index is 0.197. The molecule has 0 bridgehead atoms. The van der Waals surface area contributed by atoms with Gasteiger partial charge in [-0.25, -0.2) is 0 Å². The number of thioether (sulfide) groups is 1. The lowest BCUT2D eigenvalue weighted by Gasteiger charge is -2.39. The Labute approximate surface area is 124 Å². The average Bonchev–Trinajstić information content (AvgIpc) is 2.90. The zero-order chi connectivity index (χ0) is 14.6. The van der Waals surface area contributed by atoms with Crippen molar-refractivity contribution in [2.45, 2.75) is 24.0 Å². The van der Waals surface area contributed by atoms with Gasteiger partial charge in [0.2, 0.25) is 0 Å². The maximum atomic E-state index is 8.93. The SMILES string of the molecule is CSC1(C(N)=NO)CCN(CCc2ccnn2C)CC1. The monoisotopic (exact) mass is 297 g/mol. The van der Waals surface area contributed by atoms with Gasteiger partial charge in [0.05, 0.1) is 4.75 Å². The maximum absolute atomic E-state index is 8.93. The fourth-order valence-corrected chi connectivity index (χ4v) is 3.55. The van der Waals surface area contributed by atoms with E-state index in [0.29, 0.717) is 5.84 Å². The molecule has 1 saturated heterocycles. The number of nitrogens with zero attached hydrogens (tertiary/aromatic N) is 4. The van der Waals surface area contributed by atoms with Crippen LogP contribution in [0.4, 0.5) is 0 Å². The number of aromatic nitrogens is 2. The quantitative estimate of drug-likeness (QED) is 0.365. The Morgan fingerprint density at radius 2 is 2.25 bits per heavy atom. The molecule has 0 atom stereocenters. The molecule has 1 aliphatic rings. The highest BCUT2D eigenvalue weighted by molar-refractivity contribution is 8.00. The highest BCUT2D eigenvalue weighted by Gasteiger charge is 2.37. The van der Waals surface area contributed by atoms with Crippen molar-refractivity contribution < 1.29 is 5.21 Å². The van der Waals surface area contributed by atoms with Crippen LogP contribution in [0.3, 0.4) is 0 Å². The summed E-state index contributed by atoms with van der Waals surface area (Å²) in [6.45, 7) is 2.99. The molecule has 7 heteroatoms. The molecule has 20 heavy (non-hydrogen) atoms. The van der Waals surface area contributed by atoms with E-state index in [1.807, 2.05) is 24.2 Å². The molecule has 1 aromatic heterocycles. The molecular weight excluding hydrogens is 274 g/mol. The highest BCUT2D eigenvalue weighted by Crippen LogP contribution is 2.34. The van der Waals surface area contributed by atoms with E-state index in [1.54, 1.807) is 11.8 Å². The smallest absolute Gasteiger partial charge is 0.155 e. The van der Waals surface area contributed by atoms with E-state index in [0.717, 1.165) is 38.9 Å². The van der Waals surface area contributed by atoms with Crippen LogP contribution in [0.2, 0.25) is 0 Å². The summed E-state index contributed by atoms with van der Waals surface area (Å²) in [6, 6.07) is 2.06. The second-order valence-electron chi connectivity index (χ2n) is 5.22. The third kappa shape index (κ3) is 3.09. The van der Waals surface area contributed by atoms with Crippen LogP contribution in [0.1, 0.15) is 18.5 Å². The molecule has 0 aromatic carbocycles. The summed E-state index contributed by atoms with van der Waals surface area (Å²) in [5.74, 6) is 0.358. The minimum atomic E-state index is -0.197. The second-order valence-corrected chi connectivity index (χ2v) is 6.41. The average molecular weight is 297 g/mol. The van der Waals surface area contributed by atoms with Gasteiger partial charge in [0.25, 0.3) is 0 Å². The van der Waals surface area contributed by atoms with E-state index >= 15 is 0 Å². The first-order valence-corrected chi connectivity index (χ1v) is 8.06. The minimum Gasteiger partial charge on any atom is -0.409 e. The number of rotatable bonds is 5. The van der Waals surface area contributed by atoms with Crippen molar-refractivity contribution in [1.29, 1.82) is 0 Å². The predicted octanol–water partition coefficient (Wildman–Crippen LogP) is 0.907. The zero-order valence-corrected chi connectivity index (χ0v) is 12.9. The van der Waals surface area contributed by atoms with Gasteiger partial charge in [0.15, 0.2) is 5.84 Å². The summed E-state index contributed by atoms with van der Waals surface area (Å²) >= 11 is 1.69. The Hall–Kier alpha value is -1.21. The first kappa shape index (κ1) is 15.2. The molecule has 1 aromatic rings. The molecule has 0 unspecified atom stereocenters. The number of hydrogen-bond donors (Lipinski definition) is 2. The Morgan fingerprint density at radius 3 is 2.75 bits per heavy atom. The Bertz CT molecular complexity index is 465. The van der Waals surface area contributed by atoms with Crippen molar-refractivity contribution in [2.24, 2.45) is 17.9 Å². The fourth-order valence-electron chi connectivity index (χ4n) is 2.71. The summed E-state index contributed by atoms with van der Waals surface area (Å²) in [5.41, 5.74) is 7.11. The van der Waals surface area contributed by atoms with Crippen molar-refractivity contribution in [3.63, 3.8) is 0 Å². The first-order chi connectivity index (χ1) is 9.61. The molecular formula is C13H23N5OS. The normalized spacial score (nSPS) is 20.2. The molecule has 0 aliphatic carbocycles. The molecule has 1 fully saturated rings. The van der Waals surface area contributed by atoms with Crippen molar-refractivity contribution in [1.82, 2.24) is 14.7 Å². The van der Waals surface area contributed by atoms with Crippen molar-refractivity contribution in [3.8, 4) is 0 Å². The Kier molecular flexibility index (Phi) is 4.93. The number of aryl methyl sites for hydroxylation is 1. The van der Waals surface area contributed by atoms with E-state index < -0.39 is 0 Å². The van der Waals surface area contributed by atoms with Crippen molar-refractivity contribution in [3.05, 3.63) is 18.0 Å². The third-order valence-corrected chi connectivity index (χ3v) is 5.63. The molecule has 112 valence electrons. The van der Waals surface area contributed by atoms with Crippen LogP contribution in [0.15, 0.2) is 17.4 Å². The van der Waals surface area contributed by atoms with Gasteiger partial charge in [0.1, 0.15) is 0 Å². The van der Waals surface area contributed by atoms with E-state index in [1.165, 1.54) is 5.69 Å². The van der Waals surface area contributed by atoms with Gasteiger partial charge in [-0.3, -0.25) is 4.68 Å². The molecule has 2 rings (SSSR count). The molecule has 0 amide bonds. The number of piperidine rings is 1. The van der Waals surface area contributed by atoms with E-state index in [4.69, 9.17) is 10.9 Å². The maximum Gasteiger partial charge on any atom is 0.155 e. The van der Waals surface area contributed by atoms with Crippen LogP contribution in [-0.2, 0) is 13.5 Å². The standard InChI is InChI=1S/C13H23N5OS/c1-17-11(3-7-15-17)4-8-18-9-5-13(20-2,6-10-18)12(14)16-19/h3,7,19H,4-6,8-10H2,1-2H3,(H2,14,16). The Balaban J connectivity index is 1.86. The highest BCUT2D eigenvalue weighted by atomic mass is 32.2. The molecule has 0 saturated carbocycles. The van der Waals surface area contributed by atoms with Gasteiger partial charge in [-0.05, 0) is 38.3 Å². The largest absolute Gasteiger partial charge is 0.409 e. The number of oxime groups is 1. The van der Waals surface area contributed by atoms with Crippen LogP contribution in [0, 0.1) is 0 Å². The van der Waals surface area contributed by atoms with Crippen molar-refractivity contribution >= 4 is 17.6 Å². The van der Waals surface area contributed by atoms with Gasteiger partial charge in [-0.15, -0.1) is 0 Å². The summed E-state index contributed by atoms with van der Waals surface area (Å²) in [4.78, 5) is 2.44. The van der Waals surface area contributed by atoms with E-state index in [9.17, 15) is 0 Å². The molecule has 0 radical (unpaired) electrons. The van der Waals surface area contributed by atoms with E-state index in [2.05, 4.69) is 21.2 Å². The summed E-state index contributed by atoms with van der Waals surface area (Å²) < 4.78 is 1.73. The number of amidine groups is 1. The topological polar surface area (TPSA) is 79.7 Å². The first-order valence-electron chi connectivity index (χ1n) is 6.84. The van der Waals surface area contributed by atoms with Gasteiger partial charge in [-0.1, -0.05) is 5.16 Å². The molecule has 2 heterocycles. The van der Waals surface area contributed by atoms with Gasteiger partial charge >= 0.3 is 0 Å². The van der Waals surface area contributed by atoms with Crippen LogP contribution in [-0.4, -0.2) is 56.4 Å². The lowest BCUT2D eigenvalue weighted by molar-refractivity contribution is 0.218. The second kappa shape index (κ2) is 6.49. The number of likely N-dealkylation sites (tertiary alicyclic amines) is 1. The van der Waals surface area contributed by atoms with Crippen LogP contribution >= 0.6 is 11.8 Å². The van der Waals surface area contributed by atoms with Gasteiger partial charge in [0, 0.05) is 31.9 Å². The predicted molar refractivity (Wildman–Crippen MR) is 82.2 cm³/mol. The summed E-state index contributed by atoms with van der Waals surface area (Å²) in [7, 11) is 1.97. The molecule has 1 aliphatic heterocycles. The zero-order valence-electron chi connectivity index (χ0n) is 12.1. The fraction of sp³-hybridized carbons (Fsp3) is 0.692. The lowest BCUT2D eigenvalue weighted by Crippen LogP contribution is -2.50. The number of hydrogen-bond acceptors (Lipinski definition) is 5. The molecule has 3 N–H and O–H groups in total. The third-order valence-electron chi connectivity index (χ3n) is 4.24. The number of nitrogens with two attached hydrogens (primary N) is 1. The van der Waals surface area contributed by atoms with Gasteiger partial charge in [-0.2, -0.15) is 16.9 Å². The summed E-state index contributed by atoms with van der Waals surface area (Å²) in [6.07, 6.45) is 6.73. The molecule has 0 spiro atoms. The van der Waals surface area contributed by atoms with Crippen LogP contribution in [0.5, 0.6) is 0 Å². The summed E-state index contributed by atoms with van der Waals surface area (Å²) in [5, 5.41) is 16.3. The Morgan fingerprint density at radius 1 is 1.55 bits per heavy atom. The molecule has 6 nitrogen and oxygen atoms in total. The van der Waals surface area contributed by atoms with Crippen molar-refractivity contribution in [2.75, 3.05) is 25.9 Å². The van der Waals surface area contributed by atoms with Gasteiger partial charge < -0.3 is 15.8 Å². The van der Waals surface area contributed by atoms with E-state index in [-0.39, 0.29) is 4.75 Å². The lowest BCUT2D eigenvalue weighted by atomic mass is 9.94. The van der Waals surface area contributed by atoms with Crippen LogP contribution in [0.25, 0.3) is 0 Å². The van der Waals surface area contributed by atoms with Crippen LogP contribution < -0.4 is 5.73 Å².